The fourth-order valence-corrected chi connectivity index (χ4v) is 0.185. The van der Waals surface area contributed by atoms with Gasteiger partial charge < -0.3 is 0 Å². The summed E-state index contributed by atoms with van der Waals surface area (Å²) < 4.78 is 22.5. The van der Waals surface area contributed by atoms with Crippen LogP contribution >= 0.6 is 0 Å². The third-order valence-corrected chi connectivity index (χ3v) is 0.485. The molecule has 0 unspecified atom stereocenters. The summed E-state index contributed by atoms with van der Waals surface area (Å²) in [6.45, 7) is 2.25. The Balaban J connectivity index is 3.21. The van der Waals surface area contributed by atoms with E-state index in [-0.39, 0.29) is 0 Å². The summed E-state index contributed by atoms with van der Waals surface area (Å²) in [6, 6.07) is 0. The minimum Gasteiger partial charge on any atom is -0.271 e. The first kappa shape index (κ1) is 9.74. The molecule has 0 heterocycles. The molecule has 3 nitrogen and oxygen atoms in total. The third-order valence-electron chi connectivity index (χ3n) is 0.485. The van der Waals surface area contributed by atoms with E-state index in [4.69, 9.17) is 0 Å². The number of halogens is 2. The van der Waals surface area contributed by atoms with Crippen molar-refractivity contribution in [1.29, 1.82) is 0 Å². The second-order valence-electron chi connectivity index (χ2n) is 2.68. The molecule has 0 fully saturated rings. The van der Waals surface area contributed by atoms with Crippen molar-refractivity contribution in [3.63, 3.8) is 0 Å². The Labute approximate surface area is 58.2 Å². The SMILES string of the molecule is CC(C)(C)ONOC(F)F. The molecule has 0 aromatic carbocycles. The second kappa shape index (κ2) is 3.80. The van der Waals surface area contributed by atoms with Crippen molar-refractivity contribution in [2.45, 2.75) is 33.0 Å². The molecule has 0 aliphatic carbocycles. The Morgan fingerprint density at radius 1 is 1.30 bits per heavy atom. The van der Waals surface area contributed by atoms with E-state index in [0.717, 1.165) is 0 Å². The zero-order chi connectivity index (χ0) is 8.20. The van der Waals surface area contributed by atoms with Crippen LogP contribution in [0.2, 0.25) is 0 Å². The molecule has 0 aliphatic rings. The zero-order valence-corrected chi connectivity index (χ0v) is 6.15. The van der Waals surface area contributed by atoms with Crippen LogP contribution in [-0.2, 0) is 9.68 Å². The van der Waals surface area contributed by atoms with Gasteiger partial charge in [0.15, 0.2) is 0 Å². The number of hydrogen-bond donors (Lipinski definition) is 1. The summed E-state index contributed by atoms with van der Waals surface area (Å²) in [7, 11) is 0. The molecule has 1 N–H and O–H groups in total. The Morgan fingerprint density at radius 3 is 2.10 bits per heavy atom. The predicted octanol–water partition coefficient (Wildman–Crippen LogP) is 1.46. The highest BCUT2D eigenvalue weighted by Gasteiger charge is 2.11. The number of rotatable bonds is 3. The molecular formula is C5H11F2NO2. The first-order chi connectivity index (χ1) is 4.42. The molecular weight excluding hydrogens is 144 g/mol. The molecule has 10 heavy (non-hydrogen) atoms. The van der Waals surface area contributed by atoms with Gasteiger partial charge in [-0.3, -0.25) is 4.84 Å². The molecule has 5 heteroatoms. The molecule has 0 bridgehead atoms. The van der Waals surface area contributed by atoms with Crippen molar-refractivity contribution in [2.75, 3.05) is 0 Å². The Hall–Kier alpha value is -0.260. The van der Waals surface area contributed by atoms with Crippen LogP contribution in [0.4, 0.5) is 8.78 Å². The van der Waals surface area contributed by atoms with Gasteiger partial charge in [0.25, 0.3) is 0 Å². The maximum Gasteiger partial charge on any atom is 0.362 e. The fraction of sp³-hybridized carbons (Fsp3) is 1.00. The van der Waals surface area contributed by atoms with Gasteiger partial charge in [-0.2, -0.15) is 8.78 Å². The van der Waals surface area contributed by atoms with Crippen molar-refractivity contribution in [3.05, 3.63) is 0 Å². The zero-order valence-electron chi connectivity index (χ0n) is 6.15. The van der Waals surface area contributed by atoms with E-state index in [1.54, 1.807) is 26.4 Å². The van der Waals surface area contributed by atoms with Crippen LogP contribution in [0.15, 0.2) is 0 Å². The smallest absolute Gasteiger partial charge is 0.271 e. The lowest BCUT2D eigenvalue weighted by atomic mass is 10.2. The van der Waals surface area contributed by atoms with Crippen LogP contribution < -0.4 is 5.64 Å². The molecule has 0 saturated heterocycles. The topological polar surface area (TPSA) is 30.5 Å². The van der Waals surface area contributed by atoms with Crippen LogP contribution in [0, 0.1) is 0 Å². The second-order valence-corrected chi connectivity index (χ2v) is 2.68. The van der Waals surface area contributed by atoms with Gasteiger partial charge in [-0.25, -0.2) is 4.84 Å². The van der Waals surface area contributed by atoms with Gasteiger partial charge in [0.05, 0.1) is 5.60 Å². The van der Waals surface area contributed by atoms with E-state index < -0.39 is 12.2 Å². The highest BCUT2D eigenvalue weighted by molar-refractivity contribution is 4.54. The van der Waals surface area contributed by atoms with Gasteiger partial charge in [-0.1, -0.05) is 5.64 Å². The van der Waals surface area contributed by atoms with E-state index in [0.29, 0.717) is 0 Å². The van der Waals surface area contributed by atoms with E-state index in [1.165, 1.54) is 0 Å². The summed E-state index contributed by atoms with van der Waals surface area (Å²) in [5, 5.41) is 0. The Bertz CT molecular complexity index is 92.1. The summed E-state index contributed by atoms with van der Waals surface area (Å²) in [6.07, 6.45) is 0. The maximum atomic E-state index is 11.2. The van der Waals surface area contributed by atoms with Crippen LogP contribution in [-0.4, -0.2) is 12.2 Å². The summed E-state index contributed by atoms with van der Waals surface area (Å²) in [5.74, 6) is 0. The van der Waals surface area contributed by atoms with E-state index in [9.17, 15) is 8.78 Å². The summed E-state index contributed by atoms with van der Waals surface area (Å²) in [5.41, 5.74) is 1.14. The van der Waals surface area contributed by atoms with Gasteiger partial charge >= 0.3 is 6.61 Å². The lowest BCUT2D eigenvalue weighted by Gasteiger charge is -2.18. The highest BCUT2D eigenvalue weighted by Crippen LogP contribution is 2.04. The number of alkyl halides is 2. The van der Waals surface area contributed by atoms with E-state index in [1.807, 2.05) is 0 Å². The summed E-state index contributed by atoms with van der Waals surface area (Å²) >= 11 is 0. The van der Waals surface area contributed by atoms with Gasteiger partial charge in [-0.05, 0) is 20.8 Å². The van der Waals surface area contributed by atoms with E-state index in [2.05, 4.69) is 9.68 Å². The van der Waals surface area contributed by atoms with Crippen molar-refractivity contribution in [3.8, 4) is 0 Å². The molecule has 0 aromatic heterocycles. The molecule has 62 valence electrons. The van der Waals surface area contributed by atoms with Gasteiger partial charge in [0.1, 0.15) is 0 Å². The lowest BCUT2D eigenvalue weighted by molar-refractivity contribution is -0.295. The van der Waals surface area contributed by atoms with Crippen LogP contribution in [0.1, 0.15) is 20.8 Å². The molecule has 0 spiro atoms. The molecule has 0 saturated carbocycles. The third kappa shape index (κ3) is 7.74. The highest BCUT2D eigenvalue weighted by atomic mass is 19.3. The Kier molecular flexibility index (Phi) is 3.70. The molecule has 0 aromatic rings. The van der Waals surface area contributed by atoms with Gasteiger partial charge in [0, 0.05) is 0 Å². The number of nitrogens with one attached hydrogen (secondary N) is 1. The first-order valence-electron chi connectivity index (χ1n) is 2.78. The van der Waals surface area contributed by atoms with Gasteiger partial charge in [-0.15, -0.1) is 0 Å². The van der Waals surface area contributed by atoms with Crippen molar-refractivity contribution < 1.29 is 18.5 Å². The average molecular weight is 155 g/mol. The standard InChI is InChI=1S/C5H11F2NO2/c1-5(2,3)10-8-9-4(6)7/h4,8H,1-3H3. The van der Waals surface area contributed by atoms with Crippen molar-refractivity contribution >= 4 is 0 Å². The minimum atomic E-state index is -2.86. The normalized spacial score (nSPS) is 12.6. The Morgan fingerprint density at radius 2 is 1.80 bits per heavy atom. The largest absolute Gasteiger partial charge is 0.362 e. The monoisotopic (exact) mass is 155 g/mol. The van der Waals surface area contributed by atoms with Crippen molar-refractivity contribution in [1.82, 2.24) is 5.64 Å². The molecule has 0 atom stereocenters. The fourth-order valence-electron chi connectivity index (χ4n) is 0.185. The average Bonchev–Trinajstić information content (AvgIpc) is 1.59. The van der Waals surface area contributed by atoms with Crippen LogP contribution in [0.3, 0.4) is 0 Å². The molecule has 0 aliphatic heterocycles. The quantitative estimate of drug-likeness (QED) is 0.626. The molecule has 0 amide bonds. The van der Waals surface area contributed by atoms with Gasteiger partial charge in [0.2, 0.25) is 0 Å². The maximum absolute atomic E-state index is 11.2. The first-order valence-corrected chi connectivity index (χ1v) is 2.78. The lowest BCUT2D eigenvalue weighted by Crippen LogP contribution is -2.30. The number of hydrogen-bond acceptors (Lipinski definition) is 3. The predicted molar refractivity (Wildman–Crippen MR) is 31.1 cm³/mol. The molecule has 0 rings (SSSR count). The van der Waals surface area contributed by atoms with E-state index >= 15 is 0 Å². The minimum absolute atomic E-state index is 0.533. The summed E-state index contributed by atoms with van der Waals surface area (Å²) in [4.78, 5) is 8.20. The van der Waals surface area contributed by atoms with Crippen molar-refractivity contribution in [2.24, 2.45) is 0 Å². The molecule has 0 radical (unpaired) electrons. The van der Waals surface area contributed by atoms with Crippen LogP contribution in [0.5, 0.6) is 0 Å². The van der Waals surface area contributed by atoms with Crippen LogP contribution in [0.25, 0.3) is 0 Å².